The number of hydrogen-bond donors (Lipinski definition) is 0. The third kappa shape index (κ3) is 5.53. The Morgan fingerprint density at radius 1 is 1.08 bits per heavy atom. The third-order valence-corrected chi connectivity index (χ3v) is 1.60. The first-order valence-corrected chi connectivity index (χ1v) is 4.92. The van der Waals surface area contributed by atoms with Gasteiger partial charge in [-0.15, -0.1) is 0 Å². The second kappa shape index (κ2) is 6.79. The Morgan fingerprint density at radius 2 is 1.46 bits per heavy atom. The Bertz CT molecular complexity index is 216. The minimum atomic E-state index is 0.783. The molecule has 0 N–H and O–H groups in total. The Morgan fingerprint density at radius 3 is 1.77 bits per heavy atom. The van der Waals surface area contributed by atoms with Gasteiger partial charge in [-0.2, -0.15) is 0 Å². The van der Waals surface area contributed by atoms with E-state index in [0.717, 1.165) is 5.02 Å². The summed E-state index contributed by atoms with van der Waals surface area (Å²) in [6.07, 6.45) is 1.25. The van der Waals surface area contributed by atoms with E-state index in [9.17, 15) is 0 Å². The van der Waals surface area contributed by atoms with E-state index in [-0.39, 0.29) is 0 Å². The van der Waals surface area contributed by atoms with Gasteiger partial charge in [0.25, 0.3) is 0 Å². The van der Waals surface area contributed by atoms with Crippen molar-refractivity contribution in [2.75, 3.05) is 19.0 Å². The molecule has 0 spiro atoms. The van der Waals surface area contributed by atoms with Crippen LogP contribution in [0.25, 0.3) is 0 Å². The van der Waals surface area contributed by atoms with Gasteiger partial charge in [-0.1, -0.05) is 31.9 Å². The van der Waals surface area contributed by atoms with Gasteiger partial charge in [0, 0.05) is 24.8 Å². The number of benzene rings is 1. The van der Waals surface area contributed by atoms with Crippen molar-refractivity contribution in [1.29, 1.82) is 0 Å². The van der Waals surface area contributed by atoms with Gasteiger partial charge < -0.3 is 4.90 Å². The molecule has 0 saturated carbocycles. The second-order valence-corrected chi connectivity index (χ2v) is 3.51. The maximum absolute atomic E-state index is 5.70. The molecule has 0 saturated heterocycles. The predicted molar refractivity (Wildman–Crippen MR) is 61.7 cm³/mol. The van der Waals surface area contributed by atoms with Crippen LogP contribution in [0.5, 0.6) is 0 Å². The van der Waals surface area contributed by atoms with Crippen LogP contribution in [0.1, 0.15) is 20.3 Å². The Hall–Kier alpha value is -0.690. The molecule has 0 aliphatic heterocycles. The van der Waals surface area contributed by atoms with E-state index in [2.05, 4.69) is 13.8 Å². The first-order valence-electron chi connectivity index (χ1n) is 4.54. The molecule has 0 radical (unpaired) electrons. The molecule has 0 amide bonds. The summed E-state index contributed by atoms with van der Waals surface area (Å²) < 4.78 is 0. The van der Waals surface area contributed by atoms with E-state index in [1.165, 1.54) is 12.1 Å². The topological polar surface area (TPSA) is 3.24 Å². The van der Waals surface area contributed by atoms with Gasteiger partial charge in [-0.3, -0.25) is 0 Å². The molecule has 0 aliphatic carbocycles. The zero-order valence-corrected chi connectivity index (χ0v) is 9.60. The molecule has 1 aromatic carbocycles. The molecule has 0 bridgehead atoms. The van der Waals surface area contributed by atoms with Crippen molar-refractivity contribution in [2.24, 2.45) is 0 Å². The number of rotatable bonds is 1. The van der Waals surface area contributed by atoms with Crippen LogP contribution in [0.3, 0.4) is 0 Å². The summed E-state index contributed by atoms with van der Waals surface area (Å²) >= 11 is 5.70. The van der Waals surface area contributed by atoms with Gasteiger partial charge in [0.15, 0.2) is 0 Å². The zero-order valence-electron chi connectivity index (χ0n) is 8.84. The SMILES string of the molecule is CCC.CN(C)c1ccc(Cl)cc1. The average molecular weight is 200 g/mol. The molecule has 0 atom stereocenters. The summed E-state index contributed by atoms with van der Waals surface area (Å²) in [5.74, 6) is 0. The van der Waals surface area contributed by atoms with Crippen LogP contribution in [0, 0.1) is 0 Å². The highest BCUT2D eigenvalue weighted by atomic mass is 35.5. The van der Waals surface area contributed by atoms with Crippen molar-refractivity contribution in [3.05, 3.63) is 29.3 Å². The van der Waals surface area contributed by atoms with E-state index < -0.39 is 0 Å². The lowest BCUT2D eigenvalue weighted by Gasteiger charge is -2.11. The molecule has 1 rings (SSSR count). The third-order valence-electron chi connectivity index (χ3n) is 1.34. The van der Waals surface area contributed by atoms with E-state index in [1.807, 2.05) is 43.3 Å². The first-order chi connectivity index (χ1) is 6.11. The fourth-order valence-electron chi connectivity index (χ4n) is 0.739. The lowest BCUT2D eigenvalue weighted by atomic mass is 10.3. The van der Waals surface area contributed by atoms with Gasteiger partial charge in [0.05, 0.1) is 0 Å². The van der Waals surface area contributed by atoms with E-state index in [4.69, 9.17) is 11.6 Å². The second-order valence-electron chi connectivity index (χ2n) is 3.08. The quantitative estimate of drug-likeness (QED) is 0.665. The lowest BCUT2D eigenvalue weighted by molar-refractivity contribution is 1.09. The average Bonchev–Trinajstić information content (AvgIpc) is 2.06. The van der Waals surface area contributed by atoms with Gasteiger partial charge in [-0.25, -0.2) is 0 Å². The van der Waals surface area contributed by atoms with Crippen molar-refractivity contribution in [2.45, 2.75) is 20.3 Å². The molecular formula is C11H18ClN. The van der Waals surface area contributed by atoms with Crippen molar-refractivity contribution in [3.63, 3.8) is 0 Å². The Balaban J connectivity index is 0.000000424. The van der Waals surface area contributed by atoms with E-state index in [0.29, 0.717) is 0 Å². The fraction of sp³-hybridized carbons (Fsp3) is 0.455. The molecule has 0 heterocycles. The summed E-state index contributed by atoms with van der Waals surface area (Å²) in [6.45, 7) is 4.25. The van der Waals surface area contributed by atoms with Crippen LogP contribution in [0.2, 0.25) is 5.02 Å². The highest BCUT2D eigenvalue weighted by molar-refractivity contribution is 6.30. The van der Waals surface area contributed by atoms with Crippen LogP contribution in [-0.2, 0) is 0 Å². The maximum Gasteiger partial charge on any atom is 0.0407 e. The number of anilines is 1. The molecule has 1 aromatic rings. The Labute approximate surface area is 86.3 Å². The zero-order chi connectivity index (χ0) is 10.3. The van der Waals surface area contributed by atoms with Gasteiger partial charge in [-0.05, 0) is 24.3 Å². The van der Waals surface area contributed by atoms with E-state index in [1.54, 1.807) is 0 Å². The minimum Gasteiger partial charge on any atom is -0.378 e. The number of hydrogen-bond acceptors (Lipinski definition) is 1. The largest absolute Gasteiger partial charge is 0.378 e. The van der Waals surface area contributed by atoms with Crippen molar-refractivity contribution in [3.8, 4) is 0 Å². The normalized spacial score (nSPS) is 8.69. The van der Waals surface area contributed by atoms with Crippen molar-refractivity contribution >= 4 is 17.3 Å². The Kier molecular flexibility index (Phi) is 6.43. The van der Waals surface area contributed by atoms with Crippen LogP contribution in [0.15, 0.2) is 24.3 Å². The minimum absolute atomic E-state index is 0.783. The van der Waals surface area contributed by atoms with Crippen molar-refractivity contribution < 1.29 is 0 Å². The standard InChI is InChI=1S/C8H10ClN.C3H8/c1-10(2)8-5-3-7(9)4-6-8;1-3-2/h3-6H,1-2H3;3H2,1-2H3. The fourth-order valence-corrected chi connectivity index (χ4v) is 0.865. The summed E-state index contributed by atoms with van der Waals surface area (Å²) in [5.41, 5.74) is 1.17. The number of nitrogens with zero attached hydrogens (tertiary/aromatic N) is 1. The van der Waals surface area contributed by atoms with Gasteiger partial charge in [0.1, 0.15) is 0 Å². The molecule has 13 heavy (non-hydrogen) atoms. The van der Waals surface area contributed by atoms with Crippen LogP contribution >= 0.6 is 11.6 Å². The summed E-state index contributed by atoms with van der Waals surface area (Å²) in [7, 11) is 4.01. The molecule has 1 nitrogen and oxygen atoms in total. The van der Waals surface area contributed by atoms with Gasteiger partial charge in [0.2, 0.25) is 0 Å². The summed E-state index contributed by atoms with van der Waals surface area (Å²) in [6, 6.07) is 7.75. The first kappa shape index (κ1) is 12.3. The maximum atomic E-state index is 5.70. The van der Waals surface area contributed by atoms with Crippen LogP contribution < -0.4 is 4.90 Å². The molecule has 0 aromatic heterocycles. The van der Waals surface area contributed by atoms with Crippen LogP contribution in [-0.4, -0.2) is 14.1 Å². The highest BCUT2D eigenvalue weighted by Gasteiger charge is 1.91. The molecular weight excluding hydrogens is 182 g/mol. The monoisotopic (exact) mass is 199 g/mol. The smallest absolute Gasteiger partial charge is 0.0407 e. The van der Waals surface area contributed by atoms with Gasteiger partial charge >= 0.3 is 0 Å². The molecule has 0 aliphatic rings. The summed E-state index contributed by atoms with van der Waals surface area (Å²) in [4.78, 5) is 2.04. The lowest BCUT2D eigenvalue weighted by Crippen LogP contribution is -2.07. The molecule has 2 heteroatoms. The highest BCUT2D eigenvalue weighted by Crippen LogP contribution is 2.14. The van der Waals surface area contributed by atoms with Crippen LogP contribution in [0.4, 0.5) is 5.69 Å². The predicted octanol–water partition coefficient (Wildman–Crippen LogP) is 3.82. The van der Waals surface area contributed by atoms with E-state index >= 15 is 0 Å². The molecule has 0 fully saturated rings. The summed E-state index contributed by atoms with van der Waals surface area (Å²) in [5, 5.41) is 0.783. The van der Waals surface area contributed by atoms with Crippen molar-refractivity contribution in [1.82, 2.24) is 0 Å². The molecule has 74 valence electrons. The number of halogens is 1. The molecule has 0 unspecified atom stereocenters.